The van der Waals surface area contributed by atoms with Crippen molar-refractivity contribution in [2.24, 2.45) is 16.0 Å². The van der Waals surface area contributed by atoms with Crippen LogP contribution in [0.3, 0.4) is 0 Å². The average molecular weight is 852 g/mol. The van der Waals surface area contributed by atoms with Gasteiger partial charge in [-0.3, -0.25) is 13.7 Å². The molecule has 3 aromatic carbocycles. The second-order valence-electron chi connectivity index (χ2n) is 10.1. The molecule has 2 amide bonds. The lowest BCUT2D eigenvalue weighted by atomic mass is 10.2. The Morgan fingerprint density at radius 3 is 1.96 bits per heavy atom. The summed E-state index contributed by atoms with van der Waals surface area (Å²) in [7, 11) is -19.3. The zero-order valence-electron chi connectivity index (χ0n) is 26.2. The molecule has 0 saturated heterocycles. The van der Waals surface area contributed by atoms with Crippen LogP contribution in [0.15, 0.2) is 79.5 Å². The van der Waals surface area contributed by atoms with Gasteiger partial charge in [-0.2, -0.15) is 40.2 Å². The molecule has 0 saturated carbocycles. The van der Waals surface area contributed by atoms with E-state index in [0.717, 1.165) is 30.3 Å². The largest absolute Gasteiger partial charge is 0.478 e. The summed E-state index contributed by atoms with van der Waals surface area (Å²) in [6.45, 7) is -1.02. The standard InChI is InChI=1S/C25H22ClN9O15S4/c26-22-31-24(33-25(32-22)30-18-10-14(52(41,42)43)2-4-15(18)21(36)37)28-12-1-5-16(19(9-12)29-23(27)38)34-35-17-6-3-13(11-20(17)53(44,45)46)51(39,40)8-7-50-54(47,48)49/h1-6,9-11H,7-8H2,(H,36,37)(H3,27,29,38)(H,41,42,43)(H,44,45,46)(H,47,48,49)(H2,28,30,31,32,33). The number of azo groups is 1. The molecule has 9 N–H and O–H groups in total. The van der Waals surface area contributed by atoms with Crippen LogP contribution in [0.5, 0.6) is 0 Å². The topological polar surface area (TPSA) is 386 Å². The number of halogens is 1. The Balaban J connectivity index is 1.65. The fourth-order valence-corrected chi connectivity index (χ4v) is 6.97. The van der Waals surface area contributed by atoms with Gasteiger partial charge in [-0.15, -0.1) is 10.2 Å². The van der Waals surface area contributed by atoms with E-state index in [1.807, 2.05) is 0 Å². The number of anilines is 5. The van der Waals surface area contributed by atoms with Crippen molar-refractivity contribution in [2.45, 2.75) is 14.7 Å². The van der Waals surface area contributed by atoms with Crippen molar-refractivity contribution >= 4 is 104 Å². The number of amides is 2. The maximum absolute atomic E-state index is 12.6. The van der Waals surface area contributed by atoms with Crippen molar-refractivity contribution in [3.05, 3.63) is 65.4 Å². The first-order valence-corrected chi connectivity index (χ1v) is 20.1. The minimum absolute atomic E-state index is 0.0941. The molecule has 0 bridgehead atoms. The third-order valence-corrected chi connectivity index (χ3v) is 10.3. The summed E-state index contributed by atoms with van der Waals surface area (Å²) in [6.07, 6.45) is 0. The van der Waals surface area contributed by atoms with Gasteiger partial charge in [-0.1, -0.05) is 0 Å². The van der Waals surface area contributed by atoms with Crippen molar-refractivity contribution in [3.63, 3.8) is 0 Å². The highest BCUT2D eigenvalue weighted by atomic mass is 35.5. The average Bonchev–Trinajstić information content (AvgIpc) is 3.02. The Bertz CT molecular complexity index is 2640. The van der Waals surface area contributed by atoms with E-state index < -0.39 is 102 Å². The lowest BCUT2D eigenvalue weighted by molar-refractivity contribution is 0.0697. The Labute approximate surface area is 308 Å². The van der Waals surface area contributed by atoms with Gasteiger partial charge in [-0.05, 0) is 66.2 Å². The molecule has 0 aliphatic rings. The molecule has 0 radical (unpaired) electrons. The predicted molar refractivity (Wildman–Crippen MR) is 184 cm³/mol. The van der Waals surface area contributed by atoms with E-state index in [0.29, 0.717) is 6.07 Å². The van der Waals surface area contributed by atoms with E-state index in [-0.39, 0.29) is 28.7 Å². The minimum atomic E-state index is -5.16. The Morgan fingerprint density at radius 1 is 0.759 bits per heavy atom. The molecular weight excluding hydrogens is 830 g/mol. The third kappa shape index (κ3) is 11.3. The predicted octanol–water partition coefficient (Wildman–Crippen LogP) is 2.70. The van der Waals surface area contributed by atoms with E-state index in [2.05, 4.69) is 45.3 Å². The summed E-state index contributed by atoms with van der Waals surface area (Å²) < 4.78 is 126. The number of rotatable bonds is 15. The van der Waals surface area contributed by atoms with Crippen LogP contribution in [-0.2, 0) is 44.7 Å². The highest BCUT2D eigenvalue weighted by molar-refractivity contribution is 7.91. The van der Waals surface area contributed by atoms with Crippen molar-refractivity contribution in [3.8, 4) is 0 Å². The zero-order chi connectivity index (χ0) is 40.2. The number of carbonyl (C=O) groups is 2. The summed E-state index contributed by atoms with van der Waals surface area (Å²) in [5.74, 6) is -3.19. The van der Waals surface area contributed by atoms with Gasteiger partial charge in [0.2, 0.25) is 17.2 Å². The molecule has 4 rings (SSSR count). The molecule has 54 heavy (non-hydrogen) atoms. The molecule has 1 aromatic heterocycles. The SMILES string of the molecule is NC(=O)Nc1cc(Nc2nc(Cl)nc(Nc3cc(S(=O)(=O)O)ccc3C(=O)O)n2)ccc1N=Nc1ccc(S(=O)(=O)CCOS(=O)(=O)O)cc1S(=O)(=O)O. The number of hydrogen-bond acceptors (Lipinski definition) is 18. The summed E-state index contributed by atoms with van der Waals surface area (Å²) in [5.41, 5.74) is 3.62. The smallest absolute Gasteiger partial charge is 0.397 e. The van der Waals surface area contributed by atoms with Gasteiger partial charge in [-0.25, -0.2) is 22.2 Å². The van der Waals surface area contributed by atoms with Gasteiger partial charge in [0.15, 0.2) is 9.84 Å². The second-order valence-corrected chi connectivity index (χ2v) is 16.4. The molecule has 0 aliphatic heterocycles. The maximum Gasteiger partial charge on any atom is 0.397 e. The first kappa shape index (κ1) is 41.3. The summed E-state index contributed by atoms with van der Waals surface area (Å²) >= 11 is 6.01. The van der Waals surface area contributed by atoms with Crippen LogP contribution in [0.1, 0.15) is 10.4 Å². The Hall–Kier alpha value is -5.46. The highest BCUT2D eigenvalue weighted by Crippen LogP contribution is 2.34. The maximum atomic E-state index is 12.6. The van der Waals surface area contributed by atoms with Crippen LogP contribution in [0.2, 0.25) is 5.28 Å². The number of benzene rings is 3. The number of primary amides is 1. The summed E-state index contributed by atoms with van der Waals surface area (Å²) in [4.78, 5) is 32.8. The van der Waals surface area contributed by atoms with Gasteiger partial charge in [0, 0.05) is 5.69 Å². The van der Waals surface area contributed by atoms with E-state index in [9.17, 15) is 57.5 Å². The summed E-state index contributed by atoms with van der Waals surface area (Å²) in [5, 5.41) is 24.1. The number of carboxylic acids is 1. The molecule has 29 heteroatoms. The molecule has 24 nitrogen and oxygen atoms in total. The Kier molecular flexibility index (Phi) is 12.1. The van der Waals surface area contributed by atoms with Gasteiger partial charge in [0.05, 0.1) is 39.1 Å². The van der Waals surface area contributed by atoms with E-state index in [1.165, 1.54) is 18.2 Å². The van der Waals surface area contributed by atoms with Crippen LogP contribution >= 0.6 is 11.6 Å². The number of hydrogen-bond donors (Lipinski definition) is 8. The number of aromatic carboxylic acids is 1. The first-order chi connectivity index (χ1) is 24.9. The monoisotopic (exact) mass is 851 g/mol. The lowest BCUT2D eigenvalue weighted by Gasteiger charge is -2.12. The normalized spacial score (nSPS) is 12.4. The second kappa shape index (κ2) is 15.9. The number of sulfone groups is 1. The van der Waals surface area contributed by atoms with Crippen molar-refractivity contribution in [1.29, 1.82) is 0 Å². The van der Waals surface area contributed by atoms with Crippen molar-refractivity contribution in [2.75, 3.05) is 28.3 Å². The van der Waals surface area contributed by atoms with Crippen molar-refractivity contribution in [1.82, 2.24) is 15.0 Å². The molecule has 4 aromatic rings. The van der Waals surface area contributed by atoms with E-state index in [4.69, 9.17) is 21.9 Å². The molecule has 1 heterocycles. The van der Waals surface area contributed by atoms with Crippen molar-refractivity contribution < 1.29 is 66.2 Å². The minimum Gasteiger partial charge on any atom is -0.478 e. The van der Waals surface area contributed by atoms with Gasteiger partial charge in [0.1, 0.15) is 16.3 Å². The number of aromatic nitrogens is 3. The molecule has 288 valence electrons. The van der Waals surface area contributed by atoms with E-state index in [1.54, 1.807) is 0 Å². The summed E-state index contributed by atoms with van der Waals surface area (Å²) in [6, 6.07) is 7.39. The lowest BCUT2D eigenvalue weighted by Crippen LogP contribution is -2.19. The van der Waals surface area contributed by atoms with E-state index >= 15 is 0 Å². The zero-order valence-corrected chi connectivity index (χ0v) is 30.2. The molecule has 0 unspecified atom stereocenters. The quantitative estimate of drug-likeness (QED) is 0.0629. The number of nitrogens with two attached hydrogens (primary N) is 1. The third-order valence-electron chi connectivity index (χ3n) is 6.30. The van der Waals surface area contributed by atoms with Crippen LogP contribution < -0.4 is 21.7 Å². The molecular formula is C25H22ClN9O15S4. The van der Waals surface area contributed by atoms with Gasteiger partial charge < -0.3 is 26.8 Å². The number of carbonyl (C=O) groups excluding carboxylic acids is 1. The molecule has 0 fully saturated rings. The molecule has 0 spiro atoms. The van der Waals surface area contributed by atoms with Crippen LogP contribution in [0.25, 0.3) is 0 Å². The number of nitrogens with zero attached hydrogens (tertiary/aromatic N) is 5. The van der Waals surface area contributed by atoms with Crippen LogP contribution in [0, 0.1) is 0 Å². The molecule has 0 atom stereocenters. The van der Waals surface area contributed by atoms with Crippen LogP contribution in [-0.4, -0.2) is 91.7 Å². The Morgan fingerprint density at radius 2 is 1.37 bits per heavy atom. The number of urea groups is 1. The molecule has 0 aliphatic carbocycles. The number of nitrogens with one attached hydrogen (secondary N) is 3. The highest BCUT2D eigenvalue weighted by Gasteiger charge is 2.23. The van der Waals surface area contributed by atoms with Crippen LogP contribution in [0.4, 0.5) is 45.1 Å². The van der Waals surface area contributed by atoms with Gasteiger partial charge >= 0.3 is 22.4 Å². The first-order valence-electron chi connectivity index (χ1n) is 13.8. The fourth-order valence-electron chi connectivity index (χ4n) is 4.07. The number of carboxylic acid groups (broad SMARTS) is 1. The fraction of sp³-hybridized carbons (Fsp3) is 0.0800. The van der Waals surface area contributed by atoms with Gasteiger partial charge in [0.25, 0.3) is 20.2 Å².